The molecule has 34 heavy (non-hydrogen) atoms. The number of hydrogen-bond donors (Lipinski definition) is 2. The molecule has 0 aliphatic heterocycles. The standard InChI is InChI=1S/C25H50NO6PS/c1-5-6-7-8-9-10-11-12-13-14-15-16-17-18-23(34)26-22-19-21(20-29-2)24(25(22)30-3)32-33(27,28)31-4/h21-22,24-25H,5-20H2,1-4H3,(H,26,34)(H,27,28)/t21-,22-,24+,25?/m1/s1. The molecule has 0 aromatic rings. The second-order valence-corrected chi connectivity index (χ2v) is 11.5. The molecule has 7 nitrogen and oxygen atoms in total. The van der Waals surface area contributed by atoms with Crippen LogP contribution in [-0.2, 0) is 23.1 Å². The van der Waals surface area contributed by atoms with Gasteiger partial charge in [0.15, 0.2) is 0 Å². The molecule has 1 aliphatic rings. The van der Waals surface area contributed by atoms with E-state index in [1.165, 1.54) is 77.0 Å². The predicted molar refractivity (Wildman–Crippen MR) is 142 cm³/mol. The van der Waals surface area contributed by atoms with E-state index < -0.39 is 20.0 Å². The van der Waals surface area contributed by atoms with Crippen LogP contribution in [0.2, 0.25) is 0 Å². The second kappa shape index (κ2) is 19.1. The van der Waals surface area contributed by atoms with Crippen molar-refractivity contribution in [3.8, 4) is 0 Å². The molecule has 1 rings (SSSR count). The van der Waals surface area contributed by atoms with Crippen LogP contribution >= 0.6 is 20.0 Å². The predicted octanol–water partition coefficient (Wildman–Crippen LogP) is 6.57. The Morgan fingerprint density at radius 1 is 0.912 bits per heavy atom. The van der Waals surface area contributed by atoms with Crippen molar-refractivity contribution in [3.63, 3.8) is 0 Å². The van der Waals surface area contributed by atoms with Gasteiger partial charge in [0, 0.05) is 27.2 Å². The van der Waals surface area contributed by atoms with Crippen molar-refractivity contribution >= 4 is 25.0 Å². The summed E-state index contributed by atoms with van der Waals surface area (Å²) in [5, 5.41) is 3.40. The Balaban J connectivity index is 2.23. The first-order chi connectivity index (χ1) is 16.4. The summed E-state index contributed by atoms with van der Waals surface area (Å²) in [5.41, 5.74) is 0. The maximum absolute atomic E-state index is 12.0. The average Bonchev–Trinajstić information content (AvgIpc) is 3.11. The number of phosphoric ester groups is 1. The van der Waals surface area contributed by atoms with Gasteiger partial charge in [0.2, 0.25) is 0 Å². The summed E-state index contributed by atoms with van der Waals surface area (Å²) in [5.74, 6) is -0.0952. The molecule has 0 radical (unpaired) electrons. The first kappa shape index (κ1) is 31.9. The Morgan fingerprint density at radius 3 is 1.91 bits per heavy atom. The number of ether oxygens (including phenoxy) is 2. The SMILES string of the molecule is CCCCCCCCCCCCCCCC(=S)N[C@@H]1C[C@H](COC)[C@H](OP(=O)(O)OC)C1OC. The molecule has 0 bridgehead atoms. The average molecular weight is 524 g/mol. The van der Waals surface area contributed by atoms with E-state index in [2.05, 4.69) is 16.8 Å². The number of methoxy groups -OCH3 is 2. The molecule has 0 saturated heterocycles. The fraction of sp³-hybridized carbons (Fsp3) is 0.960. The molecule has 202 valence electrons. The molecular weight excluding hydrogens is 473 g/mol. The van der Waals surface area contributed by atoms with Gasteiger partial charge in [0.05, 0.1) is 17.6 Å². The zero-order valence-corrected chi connectivity index (χ0v) is 23.7. The fourth-order valence-corrected chi connectivity index (χ4v) is 5.81. The molecular formula is C25H50NO6PS. The van der Waals surface area contributed by atoms with E-state index in [1.807, 2.05) is 0 Å². The molecule has 0 heterocycles. The minimum atomic E-state index is -4.14. The third-order valence-corrected chi connectivity index (χ3v) is 8.03. The number of hydrogen-bond acceptors (Lipinski definition) is 6. The van der Waals surface area contributed by atoms with Gasteiger partial charge in [-0.25, -0.2) is 4.57 Å². The smallest absolute Gasteiger partial charge is 0.384 e. The Hall–Kier alpha value is -0.0800. The van der Waals surface area contributed by atoms with Crippen molar-refractivity contribution in [2.45, 2.75) is 121 Å². The summed E-state index contributed by atoms with van der Waals surface area (Å²) in [6.45, 7) is 2.67. The topological polar surface area (TPSA) is 86.3 Å². The summed E-state index contributed by atoms with van der Waals surface area (Å²) < 4.78 is 33.0. The quantitative estimate of drug-likeness (QED) is 0.0993. The highest BCUT2D eigenvalue weighted by atomic mass is 32.1. The largest absolute Gasteiger partial charge is 0.472 e. The van der Waals surface area contributed by atoms with Gasteiger partial charge in [-0.1, -0.05) is 96.2 Å². The summed E-state index contributed by atoms with van der Waals surface area (Å²) >= 11 is 5.58. The Kier molecular flexibility index (Phi) is 17.9. The van der Waals surface area contributed by atoms with Crippen molar-refractivity contribution in [1.29, 1.82) is 0 Å². The molecule has 2 N–H and O–H groups in total. The van der Waals surface area contributed by atoms with Crippen LogP contribution < -0.4 is 5.32 Å². The van der Waals surface area contributed by atoms with E-state index in [4.69, 9.17) is 26.2 Å². The van der Waals surface area contributed by atoms with E-state index in [-0.39, 0.29) is 12.0 Å². The second-order valence-electron chi connectivity index (χ2n) is 9.54. The van der Waals surface area contributed by atoms with E-state index in [9.17, 15) is 9.46 Å². The van der Waals surface area contributed by atoms with Crippen LogP contribution in [0.1, 0.15) is 103 Å². The molecule has 1 aliphatic carbocycles. The van der Waals surface area contributed by atoms with Gasteiger partial charge in [-0.3, -0.25) is 9.05 Å². The Morgan fingerprint density at radius 2 is 1.44 bits per heavy atom. The van der Waals surface area contributed by atoms with Crippen LogP contribution in [0.5, 0.6) is 0 Å². The van der Waals surface area contributed by atoms with E-state index in [0.29, 0.717) is 13.0 Å². The minimum Gasteiger partial charge on any atom is -0.384 e. The lowest BCUT2D eigenvalue weighted by Gasteiger charge is -2.27. The number of nitrogens with one attached hydrogen (secondary N) is 1. The normalized spacial score (nSPS) is 24.3. The summed E-state index contributed by atoms with van der Waals surface area (Å²) in [7, 11) is 0.205. The van der Waals surface area contributed by atoms with E-state index in [1.54, 1.807) is 14.2 Å². The van der Waals surface area contributed by atoms with Crippen molar-refractivity contribution in [2.24, 2.45) is 5.92 Å². The molecule has 1 fully saturated rings. The van der Waals surface area contributed by atoms with Gasteiger partial charge < -0.3 is 19.7 Å². The first-order valence-electron chi connectivity index (χ1n) is 13.3. The minimum absolute atomic E-state index is 0.0952. The summed E-state index contributed by atoms with van der Waals surface area (Å²) in [4.78, 5) is 10.6. The molecule has 2 unspecified atom stereocenters. The van der Waals surface area contributed by atoms with Gasteiger partial charge in [-0.15, -0.1) is 0 Å². The van der Waals surface area contributed by atoms with Crippen LogP contribution in [0.4, 0.5) is 0 Å². The molecule has 0 amide bonds. The van der Waals surface area contributed by atoms with Crippen molar-refractivity contribution < 1.29 is 28.0 Å². The highest BCUT2D eigenvalue weighted by Crippen LogP contribution is 2.48. The number of phosphoric acid groups is 1. The highest BCUT2D eigenvalue weighted by Gasteiger charge is 2.47. The molecule has 5 atom stereocenters. The van der Waals surface area contributed by atoms with Gasteiger partial charge in [-0.2, -0.15) is 0 Å². The summed E-state index contributed by atoms with van der Waals surface area (Å²) in [6, 6.07) is -0.0959. The van der Waals surface area contributed by atoms with Crippen molar-refractivity contribution in [2.75, 3.05) is 27.9 Å². The lowest BCUT2D eigenvalue weighted by Crippen LogP contribution is -2.44. The highest BCUT2D eigenvalue weighted by molar-refractivity contribution is 7.80. The number of rotatable bonds is 21. The van der Waals surface area contributed by atoms with E-state index in [0.717, 1.165) is 24.9 Å². The van der Waals surface area contributed by atoms with Crippen LogP contribution in [0.15, 0.2) is 0 Å². The lowest BCUT2D eigenvalue weighted by atomic mass is 10.0. The maximum atomic E-state index is 12.0. The Labute approximate surface area is 213 Å². The molecule has 0 aromatic carbocycles. The van der Waals surface area contributed by atoms with Gasteiger partial charge in [-0.05, 0) is 19.3 Å². The van der Waals surface area contributed by atoms with Crippen molar-refractivity contribution in [3.05, 3.63) is 0 Å². The Bertz CT molecular complexity index is 582. The molecule has 0 aromatic heterocycles. The van der Waals surface area contributed by atoms with Gasteiger partial charge in [0.25, 0.3) is 0 Å². The van der Waals surface area contributed by atoms with Crippen LogP contribution in [0, 0.1) is 5.92 Å². The fourth-order valence-electron chi connectivity index (χ4n) is 4.83. The number of unbranched alkanes of at least 4 members (excludes halogenated alkanes) is 12. The zero-order valence-electron chi connectivity index (χ0n) is 22.0. The molecule has 9 heteroatoms. The van der Waals surface area contributed by atoms with Crippen LogP contribution in [-0.4, -0.2) is 56.1 Å². The zero-order chi connectivity index (χ0) is 25.2. The summed E-state index contributed by atoms with van der Waals surface area (Å²) in [6.07, 6.45) is 17.7. The number of thiocarbonyl (C=S) groups is 1. The molecule has 0 spiro atoms. The monoisotopic (exact) mass is 523 g/mol. The first-order valence-corrected chi connectivity index (χ1v) is 15.2. The van der Waals surface area contributed by atoms with Crippen molar-refractivity contribution in [1.82, 2.24) is 5.32 Å². The van der Waals surface area contributed by atoms with E-state index >= 15 is 0 Å². The van der Waals surface area contributed by atoms with Gasteiger partial charge in [0.1, 0.15) is 12.2 Å². The third kappa shape index (κ3) is 13.3. The molecule has 1 saturated carbocycles. The van der Waals surface area contributed by atoms with Gasteiger partial charge >= 0.3 is 7.82 Å². The third-order valence-electron chi connectivity index (χ3n) is 6.73. The maximum Gasteiger partial charge on any atom is 0.472 e. The van der Waals surface area contributed by atoms with Crippen LogP contribution in [0.3, 0.4) is 0 Å². The van der Waals surface area contributed by atoms with Crippen LogP contribution in [0.25, 0.3) is 0 Å². The lowest BCUT2D eigenvalue weighted by molar-refractivity contribution is -0.0282.